The van der Waals surface area contributed by atoms with E-state index in [-0.39, 0.29) is 5.56 Å². The van der Waals surface area contributed by atoms with Gasteiger partial charge in [0.1, 0.15) is 0 Å². The molecule has 0 spiro atoms. The van der Waals surface area contributed by atoms with Crippen LogP contribution in [0.4, 0.5) is 4.79 Å². The molecule has 2 N–H and O–H groups in total. The van der Waals surface area contributed by atoms with Crippen molar-refractivity contribution in [2.45, 2.75) is 70.6 Å². The predicted molar refractivity (Wildman–Crippen MR) is 126 cm³/mol. The molecule has 3 amide bonds. The summed E-state index contributed by atoms with van der Waals surface area (Å²) < 4.78 is 1.64. The van der Waals surface area contributed by atoms with Crippen molar-refractivity contribution in [3.05, 3.63) is 34.6 Å². The number of imide groups is 1. The van der Waals surface area contributed by atoms with Crippen LogP contribution in [0.2, 0.25) is 0 Å². The highest BCUT2D eigenvalue weighted by Crippen LogP contribution is 2.23. The number of nitrogens with zero attached hydrogens (tertiary/aromatic N) is 3. The highest BCUT2D eigenvalue weighted by molar-refractivity contribution is 8.00. The van der Waals surface area contributed by atoms with Crippen LogP contribution in [0.3, 0.4) is 0 Å². The maximum absolute atomic E-state index is 13.2. The summed E-state index contributed by atoms with van der Waals surface area (Å²) in [6, 6.07) is 7.34. The first-order valence-corrected chi connectivity index (χ1v) is 11.5. The molecule has 1 atom stereocenters. The summed E-state index contributed by atoms with van der Waals surface area (Å²) in [4.78, 5) is 44.3. The van der Waals surface area contributed by atoms with Crippen molar-refractivity contribution in [1.29, 1.82) is 0 Å². The minimum absolute atomic E-state index is 0.128. The number of urea groups is 1. The number of amides is 3. The molecule has 0 fully saturated rings. The fraction of sp³-hybridized carbons (Fsp3) is 0.545. The molecule has 0 aliphatic heterocycles. The summed E-state index contributed by atoms with van der Waals surface area (Å²) in [7, 11) is 0. The number of aromatic nitrogens is 2. The van der Waals surface area contributed by atoms with Gasteiger partial charge in [-0.3, -0.25) is 24.4 Å². The monoisotopic (exact) mass is 447 g/mol. The first-order chi connectivity index (χ1) is 14.6. The third-order valence-corrected chi connectivity index (χ3v) is 6.05. The van der Waals surface area contributed by atoms with Gasteiger partial charge < -0.3 is 5.32 Å². The van der Waals surface area contributed by atoms with Crippen LogP contribution in [0, 0.1) is 0 Å². The van der Waals surface area contributed by atoms with E-state index in [1.165, 1.54) is 11.8 Å². The van der Waals surface area contributed by atoms with Crippen molar-refractivity contribution in [2.75, 3.05) is 13.1 Å². The van der Waals surface area contributed by atoms with Gasteiger partial charge >= 0.3 is 6.03 Å². The van der Waals surface area contributed by atoms with E-state index in [2.05, 4.69) is 48.2 Å². The lowest BCUT2D eigenvalue weighted by Gasteiger charge is -2.31. The van der Waals surface area contributed by atoms with E-state index < -0.39 is 17.2 Å². The van der Waals surface area contributed by atoms with E-state index in [1.54, 1.807) is 30.5 Å². The molecule has 0 saturated carbocycles. The van der Waals surface area contributed by atoms with Crippen LogP contribution < -0.4 is 16.2 Å². The molecule has 0 radical (unpaired) electrons. The Hall–Kier alpha value is -2.39. The molecule has 1 heterocycles. The average molecular weight is 448 g/mol. The van der Waals surface area contributed by atoms with Crippen LogP contribution in [-0.4, -0.2) is 56.8 Å². The molecule has 2 rings (SSSR count). The summed E-state index contributed by atoms with van der Waals surface area (Å²) in [6.07, 6.45) is 0. The van der Waals surface area contributed by atoms with Crippen molar-refractivity contribution in [3.8, 4) is 0 Å². The molecular formula is C22H33N5O3S. The summed E-state index contributed by atoms with van der Waals surface area (Å²) in [5.41, 5.74) is 0.462. The Labute approximate surface area is 187 Å². The van der Waals surface area contributed by atoms with Gasteiger partial charge in [0, 0.05) is 31.7 Å². The Balaban J connectivity index is 2.35. The fourth-order valence-electron chi connectivity index (χ4n) is 3.39. The second-order valence-corrected chi connectivity index (χ2v) is 9.21. The number of rotatable bonds is 9. The molecule has 31 heavy (non-hydrogen) atoms. The van der Waals surface area contributed by atoms with Crippen molar-refractivity contribution >= 4 is 34.6 Å². The number of carbonyl (C=O) groups is 2. The molecule has 0 saturated heterocycles. The van der Waals surface area contributed by atoms with E-state index in [9.17, 15) is 14.4 Å². The lowest BCUT2D eigenvalue weighted by atomic mass is 10.2. The maximum atomic E-state index is 13.2. The number of fused-ring (bicyclic) bond motifs is 1. The summed E-state index contributed by atoms with van der Waals surface area (Å²) >= 11 is 1.18. The first kappa shape index (κ1) is 24.9. The summed E-state index contributed by atoms with van der Waals surface area (Å²) in [5, 5.41) is 5.27. The third kappa shape index (κ3) is 6.54. The van der Waals surface area contributed by atoms with Gasteiger partial charge in [-0.15, -0.1) is 0 Å². The second-order valence-electron chi connectivity index (χ2n) is 7.90. The molecule has 2 aromatic rings. The van der Waals surface area contributed by atoms with Gasteiger partial charge in [-0.1, -0.05) is 23.9 Å². The van der Waals surface area contributed by atoms with Crippen molar-refractivity contribution in [3.63, 3.8) is 0 Å². The minimum atomic E-state index is -0.604. The van der Waals surface area contributed by atoms with Crippen LogP contribution >= 0.6 is 11.8 Å². The van der Waals surface area contributed by atoms with Gasteiger partial charge in [0.2, 0.25) is 5.91 Å². The lowest BCUT2D eigenvalue weighted by molar-refractivity contribution is -0.119. The SMILES string of the molecule is CCNC(=O)NC(=O)C(C)Sc1nc2ccccc2c(=O)n1CCN(C(C)C)C(C)C. The average Bonchev–Trinajstić information content (AvgIpc) is 2.69. The molecule has 0 aliphatic carbocycles. The standard InChI is InChI=1S/C22H33N5O3S/c1-7-23-21(30)25-19(28)16(6)31-22-24-18-11-9-8-10-17(18)20(29)27(22)13-12-26(14(2)3)15(4)5/h8-11,14-16H,7,12-13H2,1-6H3,(H2,23,25,28,30). The number of hydrogen-bond donors (Lipinski definition) is 2. The van der Waals surface area contributed by atoms with Gasteiger partial charge in [0.05, 0.1) is 16.2 Å². The normalized spacial score (nSPS) is 12.5. The molecule has 1 aromatic carbocycles. The molecule has 8 nitrogen and oxygen atoms in total. The van der Waals surface area contributed by atoms with E-state index in [1.807, 2.05) is 12.1 Å². The number of hydrogen-bond acceptors (Lipinski definition) is 6. The highest BCUT2D eigenvalue weighted by Gasteiger charge is 2.22. The summed E-state index contributed by atoms with van der Waals surface area (Å²) in [6.45, 7) is 13.6. The largest absolute Gasteiger partial charge is 0.338 e. The summed E-state index contributed by atoms with van der Waals surface area (Å²) in [5.74, 6) is -0.434. The van der Waals surface area contributed by atoms with Gasteiger partial charge in [0.25, 0.3) is 5.56 Å². The topological polar surface area (TPSA) is 96.3 Å². The predicted octanol–water partition coefficient (Wildman–Crippen LogP) is 2.84. The Bertz CT molecular complexity index is 965. The smallest absolute Gasteiger partial charge is 0.321 e. The Morgan fingerprint density at radius 3 is 2.39 bits per heavy atom. The molecule has 1 aromatic heterocycles. The van der Waals surface area contributed by atoms with E-state index in [0.717, 1.165) is 0 Å². The van der Waals surface area contributed by atoms with Crippen LogP contribution in [0.15, 0.2) is 34.2 Å². The Kier molecular flexibility index (Phi) is 9.06. The van der Waals surface area contributed by atoms with Gasteiger partial charge in [-0.05, 0) is 53.7 Å². The molecule has 170 valence electrons. The molecular weight excluding hydrogens is 414 g/mol. The number of nitrogens with one attached hydrogen (secondary N) is 2. The van der Waals surface area contributed by atoms with Crippen LogP contribution in [0.1, 0.15) is 41.5 Å². The number of carbonyl (C=O) groups excluding carboxylic acids is 2. The number of benzene rings is 1. The molecule has 0 bridgehead atoms. The third-order valence-electron chi connectivity index (χ3n) is 4.96. The lowest BCUT2D eigenvalue weighted by Crippen LogP contribution is -2.43. The Morgan fingerprint density at radius 1 is 1.13 bits per heavy atom. The van der Waals surface area contributed by atoms with Gasteiger partial charge in [-0.25, -0.2) is 9.78 Å². The van der Waals surface area contributed by atoms with Crippen molar-refractivity contribution in [2.24, 2.45) is 0 Å². The second kappa shape index (κ2) is 11.3. The Morgan fingerprint density at radius 2 is 1.77 bits per heavy atom. The number of thioether (sulfide) groups is 1. The first-order valence-electron chi connectivity index (χ1n) is 10.7. The number of para-hydroxylation sites is 1. The van der Waals surface area contributed by atoms with Gasteiger partial charge in [-0.2, -0.15) is 0 Å². The van der Waals surface area contributed by atoms with E-state index in [0.29, 0.717) is 47.8 Å². The molecule has 1 unspecified atom stereocenters. The maximum Gasteiger partial charge on any atom is 0.321 e. The molecule has 9 heteroatoms. The van der Waals surface area contributed by atoms with E-state index >= 15 is 0 Å². The van der Waals surface area contributed by atoms with Crippen LogP contribution in [-0.2, 0) is 11.3 Å². The quantitative estimate of drug-likeness (QED) is 0.453. The van der Waals surface area contributed by atoms with Crippen molar-refractivity contribution < 1.29 is 9.59 Å². The molecule has 0 aliphatic rings. The van der Waals surface area contributed by atoms with E-state index in [4.69, 9.17) is 0 Å². The zero-order valence-electron chi connectivity index (χ0n) is 19.1. The zero-order valence-corrected chi connectivity index (χ0v) is 20.0. The fourth-order valence-corrected chi connectivity index (χ4v) is 4.33. The zero-order chi connectivity index (χ0) is 23.1. The van der Waals surface area contributed by atoms with Crippen LogP contribution in [0.5, 0.6) is 0 Å². The van der Waals surface area contributed by atoms with Gasteiger partial charge in [0.15, 0.2) is 5.16 Å². The highest BCUT2D eigenvalue weighted by atomic mass is 32.2. The van der Waals surface area contributed by atoms with Crippen LogP contribution in [0.25, 0.3) is 10.9 Å². The minimum Gasteiger partial charge on any atom is -0.338 e. The van der Waals surface area contributed by atoms with Crippen molar-refractivity contribution in [1.82, 2.24) is 25.1 Å².